The summed E-state index contributed by atoms with van der Waals surface area (Å²) >= 11 is 4.26. The number of rotatable bonds is 8. The highest BCUT2D eigenvalue weighted by atomic mass is 79.9. The van der Waals surface area contributed by atoms with Crippen molar-refractivity contribution < 1.29 is 28.2 Å². The molecule has 7 nitrogen and oxygen atoms in total. The molecule has 1 aliphatic rings. The van der Waals surface area contributed by atoms with Gasteiger partial charge in [0.05, 0.1) is 12.0 Å². The van der Waals surface area contributed by atoms with Gasteiger partial charge in [-0.2, -0.15) is 0 Å². The van der Waals surface area contributed by atoms with Gasteiger partial charge in [0.2, 0.25) is 5.91 Å². The lowest BCUT2D eigenvalue weighted by Crippen LogP contribution is -2.36. The van der Waals surface area contributed by atoms with Crippen LogP contribution in [0.5, 0.6) is 11.5 Å². The van der Waals surface area contributed by atoms with Crippen LogP contribution < -0.4 is 14.8 Å². The summed E-state index contributed by atoms with van der Waals surface area (Å²) in [6.45, 7) is -0.146. The minimum Gasteiger partial charge on any atom is -0.493 e. The van der Waals surface area contributed by atoms with Gasteiger partial charge in [0.15, 0.2) is 11.5 Å². The molecule has 0 atom stereocenters. The van der Waals surface area contributed by atoms with Gasteiger partial charge < -0.3 is 14.8 Å². The zero-order valence-electron chi connectivity index (χ0n) is 21.1. The average molecular weight is 621 g/mol. The summed E-state index contributed by atoms with van der Waals surface area (Å²) in [5.41, 5.74) is 1.97. The molecule has 0 aromatic heterocycles. The monoisotopic (exact) mass is 620 g/mol. The van der Waals surface area contributed by atoms with Crippen molar-refractivity contribution in [3.8, 4) is 11.5 Å². The molecular weight excluding hydrogens is 599 g/mol. The molecule has 3 amide bonds. The fourth-order valence-electron chi connectivity index (χ4n) is 4.16. The second-order valence-corrected chi connectivity index (χ2v) is 10.6. The Morgan fingerprint density at radius 1 is 1.02 bits per heavy atom. The Bertz CT molecular complexity index is 1650. The Morgan fingerprint density at radius 2 is 1.77 bits per heavy atom. The maximum atomic E-state index is 13.1. The van der Waals surface area contributed by atoms with Crippen molar-refractivity contribution in [2.45, 2.75) is 6.61 Å². The lowest BCUT2D eigenvalue weighted by Gasteiger charge is -2.14. The van der Waals surface area contributed by atoms with Gasteiger partial charge >= 0.3 is 0 Å². The van der Waals surface area contributed by atoms with Gasteiger partial charge in [-0.15, -0.1) is 0 Å². The normalized spacial score (nSPS) is 14.2. The molecule has 0 radical (unpaired) electrons. The molecule has 5 rings (SSSR count). The third-order valence-corrected chi connectivity index (χ3v) is 7.73. The standard InChI is InChI=1S/C30H22BrFN2O5S/c1-38-25-13-20(24(31)15-26(25)39-17-19-7-4-6-18-5-2-3-8-23(18)19)14-27-29(36)34(30(37)40-27)16-28(35)33-22-11-9-21(32)10-12-22/h2-15H,16-17H2,1H3,(H,33,35)/b27-14-. The number of amides is 3. The van der Waals surface area contributed by atoms with E-state index >= 15 is 0 Å². The third kappa shape index (κ3) is 6.03. The number of halogens is 2. The molecule has 1 aliphatic heterocycles. The number of imide groups is 1. The number of carbonyl (C=O) groups is 3. The molecule has 0 spiro atoms. The number of benzene rings is 4. The number of methoxy groups -OCH3 is 1. The van der Waals surface area contributed by atoms with E-state index in [-0.39, 0.29) is 4.91 Å². The van der Waals surface area contributed by atoms with Crippen molar-refractivity contribution in [1.29, 1.82) is 0 Å². The summed E-state index contributed by atoms with van der Waals surface area (Å²) in [6.07, 6.45) is 1.56. The number of nitrogens with zero attached hydrogens (tertiary/aromatic N) is 1. The largest absolute Gasteiger partial charge is 0.493 e. The molecule has 202 valence electrons. The number of ether oxygens (including phenoxy) is 2. The van der Waals surface area contributed by atoms with E-state index < -0.39 is 29.4 Å². The van der Waals surface area contributed by atoms with Crippen LogP contribution in [-0.2, 0) is 16.2 Å². The predicted molar refractivity (Wildman–Crippen MR) is 157 cm³/mol. The summed E-state index contributed by atoms with van der Waals surface area (Å²) in [5, 5.41) is 4.20. The zero-order valence-corrected chi connectivity index (χ0v) is 23.6. The van der Waals surface area contributed by atoms with Crippen LogP contribution in [0.3, 0.4) is 0 Å². The van der Waals surface area contributed by atoms with Crippen LogP contribution in [0.1, 0.15) is 11.1 Å². The van der Waals surface area contributed by atoms with Crippen LogP contribution in [0, 0.1) is 5.82 Å². The average Bonchev–Trinajstić information content (AvgIpc) is 3.21. The Kier molecular flexibility index (Phi) is 8.18. The number of hydrogen-bond donors (Lipinski definition) is 1. The summed E-state index contributed by atoms with van der Waals surface area (Å²) in [5.74, 6) is -0.656. The first kappa shape index (κ1) is 27.4. The van der Waals surface area contributed by atoms with Gasteiger partial charge in [-0.1, -0.05) is 58.4 Å². The Morgan fingerprint density at radius 3 is 2.55 bits per heavy atom. The van der Waals surface area contributed by atoms with Crippen LogP contribution in [0.25, 0.3) is 16.8 Å². The summed E-state index contributed by atoms with van der Waals surface area (Å²) < 4.78 is 25.4. The minimum absolute atomic E-state index is 0.159. The maximum absolute atomic E-state index is 13.1. The van der Waals surface area contributed by atoms with E-state index in [1.807, 2.05) is 42.5 Å². The first-order chi connectivity index (χ1) is 19.3. The highest BCUT2D eigenvalue weighted by molar-refractivity contribution is 9.10. The number of carbonyl (C=O) groups excluding carboxylic acids is 3. The van der Waals surface area contributed by atoms with Crippen molar-refractivity contribution in [3.05, 3.63) is 105 Å². The molecule has 10 heteroatoms. The highest BCUT2D eigenvalue weighted by Gasteiger charge is 2.36. The second kappa shape index (κ2) is 11.9. The SMILES string of the molecule is COc1cc(/C=C2\SC(=O)N(CC(=O)Nc3ccc(F)cc3)C2=O)c(Br)cc1OCc1cccc2ccccc12. The van der Waals surface area contributed by atoms with Gasteiger partial charge in [-0.05, 0) is 76.1 Å². The van der Waals surface area contributed by atoms with Crippen LogP contribution in [0.15, 0.2) is 88.2 Å². The van der Waals surface area contributed by atoms with Crippen molar-refractivity contribution in [3.63, 3.8) is 0 Å². The van der Waals surface area contributed by atoms with Crippen molar-refractivity contribution in [2.75, 3.05) is 19.0 Å². The summed E-state index contributed by atoms with van der Waals surface area (Å²) in [7, 11) is 1.52. The minimum atomic E-state index is -0.591. The topological polar surface area (TPSA) is 84.9 Å². The molecule has 0 saturated carbocycles. The van der Waals surface area contributed by atoms with Crippen LogP contribution in [0.2, 0.25) is 0 Å². The lowest BCUT2D eigenvalue weighted by atomic mass is 10.1. The first-order valence-corrected chi connectivity index (χ1v) is 13.7. The number of thioether (sulfide) groups is 1. The predicted octanol–water partition coefficient (Wildman–Crippen LogP) is 7.00. The van der Waals surface area contributed by atoms with E-state index in [0.717, 1.165) is 33.0 Å². The van der Waals surface area contributed by atoms with Crippen molar-refractivity contribution in [1.82, 2.24) is 4.90 Å². The summed E-state index contributed by atoms with van der Waals surface area (Å²) in [6, 6.07) is 22.7. The van der Waals surface area contributed by atoms with Gasteiger partial charge in [0.1, 0.15) is 19.0 Å². The van der Waals surface area contributed by atoms with Gasteiger partial charge in [0.25, 0.3) is 11.1 Å². The molecule has 0 aliphatic carbocycles. The Labute approximate surface area is 242 Å². The quantitative estimate of drug-likeness (QED) is 0.213. The molecule has 1 heterocycles. The van der Waals surface area contributed by atoms with E-state index in [2.05, 4.69) is 21.2 Å². The lowest BCUT2D eigenvalue weighted by molar-refractivity contribution is -0.127. The van der Waals surface area contributed by atoms with Crippen LogP contribution in [0.4, 0.5) is 14.9 Å². The fourth-order valence-corrected chi connectivity index (χ4v) is 5.43. The van der Waals surface area contributed by atoms with Crippen molar-refractivity contribution in [2.24, 2.45) is 0 Å². The molecule has 1 N–H and O–H groups in total. The molecule has 1 saturated heterocycles. The van der Waals surface area contributed by atoms with Crippen molar-refractivity contribution >= 4 is 67.3 Å². The van der Waals surface area contributed by atoms with Gasteiger partial charge in [0, 0.05) is 10.2 Å². The smallest absolute Gasteiger partial charge is 0.294 e. The highest BCUT2D eigenvalue weighted by Crippen LogP contribution is 2.38. The Balaban J connectivity index is 1.30. The molecule has 0 unspecified atom stereocenters. The van der Waals surface area contributed by atoms with Gasteiger partial charge in [-0.3, -0.25) is 19.3 Å². The van der Waals surface area contributed by atoms with Crippen LogP contribution in [-0.4, -0.2) is 35.6 Å². The molecule has 0 bridgehead atoms. The molecule has 1 fully saturated rings. The second-order valence-electron chi connectivity index (χ2n) is 8.77. The summed E-state index contributed by atoms with van der Waals surface area (Å²) in [4.78, 5) is 38.9. The Hall–Kier alpha value is -4.15. The van der Waals surface area contributed by atoms with E-state index in [9.17, 15) is 18.8 Å². The van der Waals surface area contributed by atoms with E-state index in [4.69, 9.17) is 9.47 Å². The molecule has 40 heavy (non-hydrogen) atoms. The van der Waals surface area contributed by atoms with Crippen LogP contribution >= 0.6 is 27.7 Å². The van der Waals surface area contributed by atoms with E-state index in [1.165, 1.54) is 31.4 Å². The number of fused-ring (bicyclic) bond motifs is 1. The maximum Gasteiger partial charge on any atom is 0.294 e. The van der Waals surface area contributed by atoms with Gasteiger partial charge in [-0.25, -0.2) is 4.39 Å². The molecule has 4 aromatic rings. The number of anilines is 1. The third-order valence-electron chi connectivity index (χ3n) is 6.14. The molecular formula is C30H22BrFN2O5S. The number of hydrogen-bond acceptors (Lipinski definition) is 6. The molecule has 4 aromatic carbocycles. The van der Waals surface area contributed by atoms with E-state index in [0.29, 0.717) is 33.8 Å². The number of nitrogens with one attached hydrogen (secondary N) is 1. The van der Waals surface area contributed by atoms with E-state index in [1.54, 1.807) is 18.2 Å². The first-order valence-electron chi connectivity index (χ1n) is 12.1. The zero-order chi connectivity index (χ0) is 28.2. The fraction of sp³-hybridized carbons (Fsp3) is 0.100.